The van der Waals surface area contributed by atoms with Gasteiger partial charge in [0.1, 0.15) is 11.4 Å². The van der Waals surface area contributed by atoms with E-state index in [9.17, 15) is 4.79 Å². The summed E-state index contributed by atoms with van der Waals surface area (Å²) in [6.45, 7) is 4.82. The second kappa shape index (κ2) is 8.67. The molecule has 1 N–H and O–H groups in total. The van der Waals surface area contributed by atoms with E-state index in [2.05, 4.69) is 22.2 Å². The van der Waals surface area contributed by atoms with Crippen LogP contribution < -0.4 is 15.0 Å². The quantitative estimate of drug-likeness (QED) is 0.808. The zero-order valence-corrected chi connectivity index (χ0v) is 15.7. The van der Waals surface area contributed by atoms with Gasteiger partial charge in [-0.05, 0) is 37.6 Å². The predicted octanol–water partition coefficient (Wildman–Crippen LogP) is 3.94. The molecule has 6 nitrogen and oxygen atoms in total. The number of ether oxygens (including phenoxy) is 1. The molecule has 25 heavy (non-hydrogen) atoms. The van der Waals surface area contributed by atoms with E-state index in [1.807, 2.05) is 18.9 Å². The summed E-state index contributed by atoms with van der Waals surface area (Å²) in [5.74, 6) is 0.792. The molecule has 0 unspecified atom stereocenters. The molecule has 0 saturated carbocycles. The molecule has 0 radical (unpaired) electrons. The molecule has 7 heteroatoms. The van der Waals surface area contributed by atoms with Gasteiger partial charge in [0, 0.05) is 25.0 Å². The number of aryl methyl sites for hydroxylation is 1. The third-order valence-electron chi connectivity index (χ3n) is 3.67. The fourth-order valence-corrected chi connectivity index (χ4v) is 2.53. The van der Waals surface area contributed by atoms with Crippen LogP contribution in [0.25, 0.3) is 0 Å². The Balaban J connectivity index is 2.18. The van der Waals surface area contributed by atoms with E-state index in [0.29, 0.717) is 28.1 Å². The summed E-state index contributed by atoms with van der Waals surface area (Å²) in [7, 11) is 3.47. The van der Waals surface area contributed by atoms with Crippen molar-refractivity contribution in [3.05, 3.63) is 40.7 Å². The number of anilines is 2. The maximum atomic E-state index is 12.5. The number of hydrogen-bond acceptors (Lipinski definition) is 5. The molecule has 0 bridgehead atoms. The van der Waals surface area contributed by atoms with Crippen molar-refractivity contribution in [1.29, 1.82) is 0 Å². The normalized spacial score (nSPS) is 10.4. The molecule has 2 aromatic rings. The van der Waals surface area contributed by atoms with Crippen LogP contribution in [0.3, 0.4) is 0 Å². The van der Waals surface area contributed by atoms with E-state index >= 15 is 0 Å². The predicted molar refractivity (Wildman–Crippen MR) is 101 cm³/mol. The Hall–Kier alpha value is -2.34. The summed E-state index contributed by atoms with van der Waals surface area (Å²) in [6.07, 6.45) is 2.13. The number of nitrogens with one attached hydrogen (secondary N) is 1. The number of amides is 1. The zero-order valence-electron chi connectivity index (χ0n) is 15.0. The second-order valence-corrected chi connectivity index (χ2v) is 6.18. The van der Waals surface area contributed by atoms with Crippen molar-refractivity contribution in [2.45, 2.75) is 26.7 Å². The first-order valence-corrected chi connectivity index (χ1v) is 8.54. The van der Waals surface area contributed by atoms with Crippen molar-refractivity contribution in [3.63, 3.8) is 0 Å². The van der Waals surface area contributed by atoms with Crippen LogP contribution >= 0.6 is 11.6 Å². The molecule has 0 aliphatic rings. The Bertz CT molecular complexity index is 752. The average Bonchev–Trinajstić information content (AvgIpc) is 2.59. The maximum Gasteiger partial charge on any atom is 0.274 e. The number of carbonyl (C=O) groups is 1. The fraction of sp³-hybridized carbons (Fsp3) is 0.389. The number of nitrogens with zero attached hydrogens (tertiary/aromatic N) is 3. The van der Waals surface area contributed by atoms with E-state index < -0.39 is 0 Å². The Morgan fingerprint density at radius 2 is 2.08 bits per heavy atom. The SMILES string of the molecule is CCCCN(C)c1nc(C)cc(C(=O)Nc2ccc(OC)c(Cl)c2)n1. The highest BCUT2D eigenvalue weighted by atomic mass is 35.5. The molecular weight excluding hydrogens is 340 g/mol. The summed E-state index contributed by atoms with van der Waals surface area (Å²) in [6, 6.07) is 6.73. The Morgan fingerprint density at radius 1 is 1.32 bits per heavy atom. The lowest BCUT2D eigenvalue weighted by Crippen LogP contribution is -2.23. The molecule has 0 fully saturated rings. The van der Waals surface area contributed by atoms with Crippen molar-refractivity contribution in [1.82, 2.24) is 9.97 Å². The van der Waals surface area contributed by atoms with Gasteiger partial charge < -0.3 is 15.0 Å². The Morgan fingerprint density at radius 3 is 2.72 bits per heavy atom. The first-order valence-electron chi connectivity index (χ1n) is 8.16. The van der Waals surface area contributed by atoms with Gasteiger partial charge in [-0.3, -0.25) is 4.79 Å². The molecule has 0 aliphatic heterocycles. The Kier molecular flexibility index (Phi) is 6.58. The summed E-state index contributed by atoms with van der Waals surface area (Å²) in [5.41, 5.74) is 1.64. The van der Waals surface area contributed by atoms with Crippen molar-refractivity contribution in [3.8, 4) is 5.75 Å². The number of carbonyl (C=O) groups excluding carboxylic acids is 1. The third kappa shape index (κ3) is 5.06. The van der Waals surface area contributed by atoms with Crippen LogP contribution in [0.2, 0.25) is 5.02 Å². The lowest BCUT2D eigenvalue weighted by atomic mass is 10.2. The van der Waals surface area contributed by atoms with Crippen LogP contribution in [0.5, 0.6) is 5.75 Å². The second-order valence-electron chi connectivity index (χ2n) is 5.77. The van der Waals surface area contributed by atoms with Gasteiger partial charge in [-0.25, -0.2) is 9.97 Å². The van der Waals surface area contributed by atoms with Crippen molar-refractivity contribution < 1.29 is 9.53 Å². The largest absolute Gasteiger partial charge is 0.495 e. The van der Waals surface area contributed by atoms with Crippen molar-refractivity contribution >= 4 is 29.1 Å². The van der Waals surface area contributed by atoms with E-state index in [4.69, 9.17) is 16.3 Å². The minimum Gasteiger partial charge on any atom is -0.495 e. The molecule has 0 atom stereocenters. The maximum absolute atomic E-state index is 12.5. The number of hydrogen-bond donors (Lipinski definition) is 1. The van der Waals surface area contributed by atoms with Gasteiger partial charge in [-0.1, -0.05) is 24.9 Å². The number of unbranched alkanes of at least 4 members (excludes halogenated alkanes) is 1. The molecule has 1 aromatic heterocycles. The molecule has 0 spiro atoms. The highest BCUT2D eigenvalue weighted by Gasteiger charge is 2.14. The van der Waals surface area contributed by atoms with Crippen molar-refractivity contribution in [2.75, 3.05) is 30.9 Å². The highest BCUT2D eigenvalue weighted by Crippen LogP contribution is 2.27. The van der Waals surface area contributed by atoms with Gasteiger partial charge in [-0.2, -0.15) is 0 Å². The first kappa shape index (κ1) is 19.0. The van der Waals surface area contributed by atoms with Gasteiger partial charge in [-0.15, -0.1) is 0 Å². The van der Waals surface area contributed by atoms with Crippen LogP contribution in [0.15, 0.2) is 24.3 Å². The van der Waals surface area contributed by atoms with Gasteiger partial charge in [0.05, 0.1) is 12.1 Å². The first-order chi connectivity index (χ1) is 11.9. The molecule has 0 aliphatic carbocycles. The Labute approximate surface area is 153 Å². The van der Waals surface area contributed by atoms with E-state index in [0.717, 1.165) is 25.1 Å². The highest BCUT2D eigenvalue weighted by molar-refractivity contribution is 6.32. The van der Waals surface area contributed by atoms with E-state index in [1.165, 1.54) is 0 Å². The topological polar surface area (TPSA) is 67.4 Å². The summed E-state index contributed by atoms with van der Waals surface area (Å²) < 4.78 is 5.11. The molecule has 134 valence electrons. The minimum absolute atomic E-state index is 0.308. The number of rotatable bonds is 7. The zero-order chi connectivity index (χ0) is 18.4. The molecule has 2 rings (SSSR count). The number of halogens is 1. The number of aromatic nitrogens is 2. The van der Waals surface area contributed by atoms with E-state index in [-0.39, 0.29) is 5.91 Å². The van der Waals surface area contributed by atoms with Gasteiger partial charge >= 0.3 is 0 Å². The number of methoxy groups -OCH3 is 1. The van der Waals surface area contributed by atoms with Gasteiger partial charge in [0.25, 0.3) is 5.91 Å². The third-order valence-corrected chi connectivity index (χ3v) is 3.97. The van der Waals surface area contributed by atoms with Crippen LogP contribution in [0, 0.1) is 6.92 Å². The smallest absolute Gasteiger partial charge is 0.274 e. The molecule has 1 heterocycles. The molecule has 1 aromatic carbocycles. The van der Waals surface area contributed by atoms with Gasteiger partial charge in [0.15, 0.2) is 0 Å². The molecule has 1 amide bonds. The van der Waals surface area contributed by atoms with E-state index in [1.54, 1.807) is 31.4 Å². The summed E-state index contributed by atoms with van der Waals surface area (Å²) >= 11 is 6.09. The van der Waals surface area contributed by atoms with Crippen molar-refractivity contribution in [2.24, 2.45) is 0 Å². The molecular formula is C18H23ClN4O2. The summed E-state index contributed by atoms with van der Waals surface area (Å²) in [4.78, 5) is 23.3. The average molecular weight is 363 g/mol. The molecule has 0 saturated heterocycles. The monoisotopic (exact) mass is 362 g/mol. The minimum atomic E-state index is -0.308. The van der Waals surface area contributed by atoms with Crippen LogP contribution in [0.4, 0.5) is 11.6 Å². The van der Waals surface area contributed by atoms with Crippen LogP contribution in [0.1, 0.15) is 35.9 Å². The standard InChI is InChI=1S/C18H23ClN4O2/c1-5-6-9-23(3)18-20-12(2)10-15(22-18)17(24)21-13-7-8-16(25-4)14(19)11-13/h7-8,10-11H,5-6,9H2,1-4H3,(H,21,24). The lowest BCUT2D eigenvalue weighted by molar-refractivity contribution is 0.102. The van der Waals surface area contributed by atoms with Crippen LogP contribution in [-0.4, -0.2) is 36.6 Å². The lowest BCUT2D eigenvalue weighted by Gasteiger charge is -2.17. The van der Waals surface area contributed by atoms with Crippen LogP contribution in [-0.2, 0) is 0 Å². The summed E-state index contributed by atoms with van der Waals surface area (Å²) in [5, 5.41) is 3.23. The number of benzene rings is 1. The fourth-order valence-electron chi connectivity index (χ4n) is 2.27. The van der Waals surface area contributed by atoms with Gasteiger partial charge in [0.2, 0.25) is 5.95 Å².